The summed E-state index contributed by atoms with van der Waals surface area (Å²) in [5, 5.41) is 46.1. The topological polar surface area (TPSA) is 173 Å². The quantitative estimate of drug-likeness (QED) is 0.125. The van der Waals surface area contributed by atoms with Gasteiger partial charge in [0.15, 0.2) is 0 Å². The molecular weight excluding hydrogens is 761 g/mol. The summed E-state index contributed by atoms with van der Waals surface area (Å²) in [6.07, 6.45) is 21.8. The number of nitro benzene ring substituents is 4. The fraction of sp³-hybridized carbons (Fsp3) is 0.0417. The van der Waals surface area contributed by atoms with Gasteiger partial charge in [-0.25, -0.2) is 0 Å². The Kier molecular flexibility index (Phi) is 9.21. The summed E-state index contributed by atoms with van der Waals surface area (Å²) in [5.41, 5.74) is 14.3. The molecule has 5 aliphatic carbocycles. The van der Waals surface area contributed by atoms with Gasteiger partial charge in [0, 0.05) is 48.5 Å². The molecule has 60 heavy (non-hydrogen) atoms. The van der Waals surface area contributed by atoms with Crippen molar-refractivity contribution < 1.29 is 19.7 Å². The number of nitrogens with zero attached hydrogens (tertiary/aromatic N) is 4. The van der Waals surface area contributed by atoms with Crippen LogP contribution >= 0.6 is 0 Å². The summed E-state index contributed by atoms with van der Waals surface area (Å²) < 4.78 is 0. The largest absolute Gasteiger partial charge is 0.269 e. The summed E-state index contributed by atoms with van der Waals surface area (Å²) in [6.45, 7) is 0. The summed E-state index contributed by atoms with van der Waals surface area (Å²) in [6, 6.07) is 25.8. The van der Waals surface area contributed by atoms with Gasteiger partial charge in [-0.1, -0.05) is 24.3 Å². The molecule has 0 saturated heterocycles. The van der Waals surface area contributed by atoms with Gasteiger partial charge in [0.25, 0.3) is 22.7 Å². The third kappa shape index (κ3) is 6.98. The van der Waals surface area contributed by atoms with Crippen molar-refractivity contribution in [2.24, 2.45) is 0 Å². The second kappa shape index (κ2) is 14.8. The number of allylic oxidation sites excluding steroid dienone is 22. The van der Waals surface area contributed by atoms with E-state index in [0.717, 1.165) is 89.1 Å². The Hall–Kier alpha value is -8.38. The van der Waals surface area contributed by atoms with E-state index < -0.39 is 19.7 Å². The van der Waals surface area contributed by atoms with E-state index in [1.807, 2.05) is 12.2 Å². The van der Waals surface area contributed by atoms with Crippen LogP contribution in [0.3, 0.4) is 0 Å². The number of hydrogen-bond donors (Lipinski definition) is 0. The predicted molar refractivity (Wildman–Crippen MR) is 229 cm³/mol. The van der Waals surface area contributed by atoms with Crippen molar-refractivity contribution in [2.75, 3.05) is 0 Å². The molecule has 0 radical (unpaired) electrons. The maximum absolute atomic E-state index is 11.5. The van der Waals surface area contributed by atoms with Gasteiger partial charge in [0.1, 0.15) is 0 Å². The molecule has 0 fully saturated rings. The minimum absolute atomic E-state index is 0.0168. The van der Waals surface area contributed by atoms with Gasteiger partial charge in [-0.2, -0.15) is 0 Å². The molecule has 9 rings (SSSR count). The van der Waals surface area contributed by atoms with Crippen LogP contribution in [0.25, 0.3) is 22.3 Å². The molecule has 12 heteroatoms. The zero-order valence-electron chi connectivity index (χ0n) is 31.5. The van der Waals surface area contributed by atoms with E-state index in [2.05, 4.69) is 48.6 Å². The standard InChI is InChI=1S/C48H30N4O8/c53-49(54)41-13-5-29(6-14-41)45-25-37-21-33(45)1-2-34-22-38(26-46(34)30-7-15-42(16-8-30)50(55)56)40-24-36(48(28-40)32-11-19-44(20-12-32)52(59)60)4-3-35-23-39(37)27-47(35)31-9-17-43(18-10-31)51(57)58/h1-21,24-28H,22-23H2. The minimum Gasteiger partial charge on any atom is -0.258 e. The highest BCUT2D eigenvalue weighted by Gasteiger charge is 2.26. The third-order valence-corrected chi connectivity index (χ3v) is 11.2. The molecule has 0 atom stereocenters. The Morgan fingerprint density at radius 1 is 0.367 bits per heavy atom. The molecule has 5 aliphatic rings. The number of fused-ring (bicyclic) bond motifs is 7. The lowest BCUT2D eigenvalue weighted by molar-refractivity contribution is -0.385. The summed E-state index contributed by atoms with van der Waals surface area (Å²) in [5.74, 6) is 0. The fourth-order valence-corrected chi connectivity index (χ4v) is 8.07. The van der Waals surface area contributed by atoms with Crippen molar-refractivity contribution in [1.29, 1.82) is 0 Å². The molecule has 0 aliphatic heterocycles. The van der Waals surface area contributed by atoms with Crippen LogP contribution in [0.15, 0.2) is 202 Å². The van der Waals surface area contributed by atoms with E-state index in [0.29, 0.717) is 12.8 Å². The highest BCUT2D eigenvalue weighted by atomic mass is 16.6. The number of rotatable bonds is 8. The lowest BCUT2D eigenvalue weighted by Crippen LogP contribution is -1.90. The van der Waals surface area contributed by atoms with E-state index in [-0.39, 0.29) is 22.7 Å². The van der Waals surface area contributed by atoms with Crippen LogP contribution in [0.2, 0.25) is 0 Å². The van der Waals surface area contributed by atoms with Crippen molar-refractivity contribution in [1.82, 2.24) is 0 Å². The van der Waals surface area contributed by atoms with Crippen molar-refractivity contribution in [2.45, 2.75) is 12.8 Å². The first-order chi connectivity index (χ1) is 29.0. The number of non-ortho nitro benzene ring substituents is 4. The summed E-state index contributed by atoms with van der Waals surface area (Å²) in [4.78, 5) is 44.4. The maximum atomic E-state index is 11.5. The number of hydrogen-bond acceptors (Lipinski definition) is 8. The lowest BCUT2D eigenvalue weighted by Gasteiger charge is -2.07. The zero-order chi connectivity index (χ0) is 41.7. The third-order valence-electron chi connectivity index (χ3n) is 11.2. The van der Waals surface area contributed by atoms with Crippen LogP contribution in [-0.4, -0.2) is 19.7 Å². The molecule has 0 unspecified atom stereocenters. The second-order valence-corrected chi connectivity index (χ2v) is 14.7. The first-order valence-corrected chi connectivity index (χ1v) is 18.8. The van der Waals surface area contributed by atoms with Gasteiger partial charge in [0.2, 0.25) is 0 Å². The first-order valence-electron chi connectivity index (χ1n) is 18.8. The highest BCUT2D eigenvalue weighted by molar-refractivity contribution is 5.95. The number of benzene rings is 4. The van der Waals surface area contributed by atoms with Gasteiger partial charge in [-0.3, -0.25) is 40.5 Å². The van der Waals surface area contributed by atoms with Crippen LogP contribution < -0.4 is 0 Å². The Morgan fingerprint density at radius 2 is 0.833 bits per heavy atom. The van der Waals surface area contributed by atoms with E-state index in [1.54, 1.807) is 48.5 Å². The molecule has 0 N–H and O–H groups in total. The summed E-state index contributed by atoms with van der Waals surface area (Å²) >= 11 is 0. The van der Waals surface area contributed by atoms with E-state index in [4.69, 9.17) is 0 Å². The molecule has 0 spiro atoms. The number of nitro groups is 4. The van der Waals surface area contributed by atoms with Crippen LogP contribution in [0, 0.1) is 40.5 Å². The molecule has 290 valence electrons. The Balaban J connectivity index is 1.24. The Bertz CT molecular complexity index is 2970. The highest BCUT2D eigenvalue weighted by Crippen LogP contribution is 2.46. The molecular formula is C48H30N4O8. The van der Waals surface area contributed by atoms with Crippen molar-refractivity contribution in [3.05, 3.63) is 265 Å². The van der Waals surface area contributed by atoms with Crippen LogP contribution in [0.4, 0.5) is 22.7 Å². The molecule has 4 aromatic rings. The normalized spacial score (nSPS) is 16.7. The Labute approximate surface area is 341 Å². The smallest absolute Gasteiger partial charge is 0.258 e. The van der Waals surface area contributed by atoms with Crippen LogP contribution in [-0.2, 0) is 0 Å². The molecule has 0 saturated carbocycles. The van der Waals surface area contributed by atoms with Crippen molar-refractivity contribution in [3.8, 4) is 0 Å². The molecule has 12 nitrogen and oxygen atoms in total. The SMILES string of the molecule is O=[N+]([O-])c1ccc(C2=CC3=CC2=CC=C2CC(=C4C=C(C=CC5=C(c6ccc([N+](=O)[O-])cc6)C=C3C5)C(c3ccc([N+](=O)[O-])cc3)=C4)C=C2c2ccc([N+](=O)[O-])cc2)cc1. The van der Waals surface area contributed by atoms with Gasteiger partial charge in [0.05, 0.1) is 19.7 Å². The minimum atomic E-state index is -0.432. The van der Waals surface area contributed by atoms with E-state index in [9.17, 15) is 40.5 Å². The monoisotopic (exact) mass is 790 g/mol. The summed E-state index contributed by atoms with van der Waals surface area (Å²) in [7, 11) is 0. The van der Waals surface area contributed by atoms with Gasteiger partial charge < -0.3 is 0 Å². The average molecular weight is 791 g/mol. The van der Waals surface area contributed by atoms with Crippen LogP contribution in [0.5, 0.6) is 0 Å². The average Bonchev–Trinajstić information content (AvgIpc) is 4.07. The first kappa shape index (κ1) is 37.2. The second-order valence-electron chi connectivity index (χ2n) is 14.7. The zero-order valence-corrected chi connectivity index (χ0v) is 31.5. The molecule has 4 aromatic carbocycles. The molecule has 0 amide bonds. The fourth-order valence-electron chi connectivity index (χ4n) is 8.07. The van der Waals surface area contributed by atoms with Gasteiger partial charge >= 0.3 is 0 Å². The lowest BCUT2D eigenvalue weighted by atomic mass is 9.97. The van der Waals surface area contributed by atoms with Crippen molar-refractivity contribution >= 4 is 45.0 Å². The van der Waals surface area contributed by atoms with Crippen molar-refractivity contribution in [3.63, 3.8) is 0 Å². The molecule has 0 aromatic heterocycles. The maximum Gasteiger partial charge on any atom is 0.269 e. The van der Waals surface area contributed by atoms with E-state index >= 15 is 0 Å². The Morgan fingerprint density at radius 3 is 1.35 bits per heavy atom. The van der Waals surface area contributed by atoms with Crippen LogP contribution in [0.1, 0.15) is 35.1 Å². The predicted octanol–water partition coefficient (Wildman–Crippen LogP) is 11.7. The molecule has 8 bridgehead atoms. The van der Waals surface area contributed by atoms with E-state index in [1.165, 1.54) is 48.5 Å². The van der Waals surface area contributed by atoms with Gasteiger partial charge in [-0.05, 0) is 187 Å². The molecule has 0 heterocycles. The van der Waals surface area contributed by atoms with Gasteiger partial charge in [-0.15, -0.1) is 0 Å².